The second kappa shape index (κ2) is 12.6. The molecule has 6 aromatic carbocycles. The van der Waals surface area contributed by atoms with Crippen LogP contribution in [0.3, 0.4) is 0 Å². The molecule has 4 atom stereocenters. The first kappa shape index (κ1) is 31.2. The van der Waals surface area contributed by atoms with Crippen molar-refractivity contribution in [3.8, 4) is 5.95 Å². The number of hydrogen-bond donors (Lipinski definition) is 3. The monoisotopic (exact) mass is 699 g/mol. The number of hydrogen-bond acceptors (Lipinski definition) is 6. The normalized spacial score (nSPS) is 20.4. The van der Waals surface area contributed by atoms with E-state index in [2.05, 4.69) is 183 Å². The van der Waals surface area contributed by atoms with Crippen LogP contribution in [0.5, 0.6) is 0 Å². The molecule has 3 N–H and O–H groups in total. The predicted octanol–water partition coefficient (Wildman–Crippen LogP) is 9.58. The Morgan fingerprint density at radius 3 is 2.17 bits per heavy atom. The van der Waals surface area contributed by atoms with E-state index in [0.29, 0.717) is 5.95 Å². The number of fused-ring (bicyclic) bond motifs is 7. The number of para-hydroxylation sites is 3. The molecule has 8 aromatic rings. The Morgan fingerprint density at radius 1 is 0.593 bits per heavy atom. The fraction of sp³-hybridized carbons (Fsp3) is 0.106. The van der Waals surface area contributed by atoms with Gasteiger partial charge in [0.1, 0.15) is 6.17 Å². The molecule has 0 bridgehead atoms. The van der Waals surface area contributed by atoms with Crippen LogP contribution in [0, 0.1) is 0 Å². The van der Waals surface area contributed by atoms with Gasteiger partial charge in [-0.15, -0.1) is 0 Å². The Balaban J connectivity index is 1.02. The summed E-state index contributed by atoms with van der Waals surface area (Å²) in [6.45, 7) is 0. The van der Waals surface area contributed by atoms with Crippen molar-refractivity contribution in [3.05, 3.63) is 203 Å². The van der Waals surface area contributed by atoms with Crippen molar-refractivity contribution in [1.29, 1.82) is 0 Å². The number of aromatic nitrogens is 3. The van der Waals surface area contributed by atoms with Crippen molar-refractivity contribution >= 4 is 39.1 Å². The van der Waals surface area contributed by atoms with Crippen LogP contribution in [-0.4, -0.2) is 14.5 Å². The average Bonchev–Trinajstić information content (AvgIpc) is 3.75. The van der Waals surface area contributed by atoms with Gasteiger partial charge in [-0.3, -0.25) is 20.5 Å². The van der Waals surface area contributed by atoms with Gasteiger partial charge in [0.05, 0.1) is 29.2 Å². The van der Waals surface area contributed by atoms with E-state index in [1.807, 2.05) is 12.3 Å². The topological polar surface area (TPSA) is 70.0 Å². The van der Waals surface area contributed by atoms with Gasteiger partial charge in [0, 0.05) is 34.6 Å². The molecule has 4 heterocycles. The fourth-order valence-corrected chi connectivity index (χ4v) is 8.80. The Morgan fingerprint density at radius 2 is 1.30 bits per heavy atom. The molecule has 0 spiro atoms. The smallest absolute Gasteiger partial charge is 0.234 e. The lowest BCUT2D eigenvalue weighted by molar-refractivity contribution is 0.200. The van der Waals surface area contributed by atoms with Gasteiger partial charge < -0.3 is 4.90 Å². The number of nitrogens with one attached hydrogen (secondary N) is 3. The van der Waals surface area contributed by atoms with Gasteiger partial charge >= 0.3 is 0 Å². The lowest BCUT2D eigenvalue weighted by Gasteiger charge is -2.39. The molecular formula is C47H37N7. The largest absolute Gasteiger partial charge is 0.313 e. The maximum absolute atomic E-state index is 5.36. The molecule has 0 radical (unpaired) electrons. The summed E-state index contributed by atoms with van der Waals surface area (Å²) in [6, 6.07) is 56.0. The van der Waals surface area contributed by atoms with Crippen LogP contribution in [0.1, 0.15) is 58.1 Å². The summed E-state index contributed by atoms with van der Waals surface area (Å²) < 4.78 is 2.26. The molecule has 0 amide bonds. The van der Waals surface area contributed by atoms with E-state index in [-0.39, 0.29) is 24.4 Å². The second-order valence-electron chi connectivity index (χ2n) is 14.4. The number of benzene rings is 6. The number of allylic oxidation sites excluding steroid dienone is 1. The lowest BCUT2D eigenvalue weighted by atomic mass is 9.86. The summed E-state index contributed by atoms with van der Waals surface area (Å²) in [6.07, 6.45) is 4.69. The molecule has 260 valence electrons. The standard InChI is InChI=1S/C47H37N7/c1-3-14-31(15-4-1)44-50-45(33-24-23-30-13-7-8-16-32(30)27-33)52-46(51-44)39-25-26-48-47(49-39)54-41-22-12-10-20-36(41)38-28-37-35-19-9-11-21-40(35)53(42(37)29-43(38)54)34-17-5-2-6-18-34/h1-27,29,37,44-46,50-52H,28H2. The maximum Gasteiger partial charge on any atom is 0.234 e. The van der Waals surface area contributed by atoms with Crippen LogP contribution < -0.4 is 20.9 Å². The molecule has 1 aliphatic carbocycles. The van der Waals surface area contributed by atoms with Crippen LogP contribution in [-0.2, 0) is 6.42 Å². The van der Waals surface area contributed by atoms with Crippen LogP contribution in [0.15, 0.2) is 170 Å². The highest BCUT2D eigenvalue weighted by molar-refractivity contribution is 5.93. The van der Waals surface area contributed by atoms with E-state index in [9.17, 15) is 0 Å². The molecular weight excluding hydrogens is 663 g/mol. The van der Waals surface area contributed by atoms with Gasteiger partial charge in [0.15, 0.2) is 0 Å². The van der Waals surface area contributed by atoms with Crippen molar-refractivity contribution in [2.75, 3.05) is 4.90 Å². The second-order valence-corrected chi connectivity index (χ2v) is 14.4. The zero-order chi connectivity index (χ0) is 35.6. The summed E-state index contributed by atoms with van der Waals surface area (Å²) in [7, 11) is 0. The molecule has 1 saturated heterocycles. The molecule has 7 heteroatoms. The highest BCUT2D eigenvalue weighted by Crippen LogP contribution is 2.53. The zero-order valence-electron chi connectivity index (χ0n) is 29.5. The first-order valence-corrected chi connectivity index (χ1v) is 18.7. The third kappa shape index (κ3) is 5.09. The molecule has 54 heavy (non-hydrogen) atoms. The van der Waals surface area contributed by atoms with Crippen LogP contribution in [0.2, 0.25) is 0 Å². The first-order valence-electron chi connectivity index (χ1n) is 18.7. The van der Waals surface area contributed by atoms with Crippen LogP contribution in [0.4, 0.5) is 11.4 Å². The third-order valence-corrected chi connectivity index (χ3v) is 11.3. The predicted molar refractivity (Wildman–Crippen MR) is 216 cm³/mol. The van der Waals surface area contributed by atoms with Crippen LogP contribution in [0.25, 0.3) is 33.7 Å². The van der Waals surface area contributed by atoms with Crippen molar-refractivity contribution in [3.63, 3.8) is 0 Å². The number of anilines is 2. The Bertz CT molecular complexity index is 2720. The van der Waals surface area contributed by atoms with Crippen LogP contribution >= 0.6 is 0 Å². The minimum absolute atomic E-state index is 0.109. The molecule has 2 aromatic heterocycles. The Labute approximate surface area is 313 Å². The SMILES string of the molecule is C1=C2C(Cc3c1n(-c1nccc(C4NC(c5ccccc5)NC(c5ccc6ccccc6c5)N4)n1)c1ccccc31)c1ccccc1N2c1ccccc1. The van der Waals surface area contributed by atoms with Crippen molar-refractivity contribution in [1.82, 2.24) is 30.5 Å². The highest BCUT2D eigenvalue weighted by atomic mass is 15.4. The van der Waals surface area contributed by atoms with E-state index in [0.717, 1.165) is 28.9 Å². The third-order valence-electron chi connectivity index (χ3n) is 11.3. The fourth-order valence-electron chi connectivity index (χ4n) is 8.80. The zero-order valence-corrected chi connectivity index (χ0v) is 29.5. The molecule has 3 aliphatic rings. The van der Waals surface area contributed by atoms with Gasteiger partial charge in [-0.2, -0.15) is 0 Å². The van der Waals surface area contributed by atoms with Gasteiger partial charge in [0.25, 0.3) is 0 Å². The molecule has 2 aliphatic heterocycles. The summed E-state index contributed by atoms with van der Waals surface area (Å²) in [5.41, 5.74) is 11.8. The lowest BCUT2D eigenvalue weighted by Crippen LogP contribution is -2.54. The van der Waals surface area contributed by atoms with Gasteiger partial charge in [-0.05, 0) is 81.9 Å². The number of nitrogens with zero attached hydrogens (tertiary/aromatic N) is 4. The van der Waals surface area contributed by atoms with Gasteiger partial charge in [0.2, 0.25) is 5.95 Å². The van der Waals surface area contributed by atoms with E-state index in [4.69, 9.17) is 9.97 Å². The summed E-state index contributed by atoms with van der Waals surface area (Å²) in [4.78, 5) is 12.8. The molecule has 11 rings (SSSR count). The average molecular weight is 700 g/mol. The van der Waals surface area contributed by atoms with Gasteiger partial charge in [-0.25, -0.2) is 9.97 Å². The Hall–Kier alpha value is -6.38. The number of rotatable bonds is 5. The van der Waals surface area contributed by atoms with E-state index >= 15 is 0 Å². The summed E-state index contributed by atoms with van der Waals surface area (Å²) in [5.74, 6) is 0.910. The van der Waals surface area contributed by atoms with Crippen molar-refractivity contribution in [2.45, 2.75) is 30.8 Å². The van der Waals surface area contributed by atoms with E-state index in [1.54, 1.807) is 0 Å². The first-order chi connectivity index (χ1) is 26.8. The highest BCUT2D eigenvalue weighted by Gasteiger charge is 2.39. The maximum atomic E-state index is 5.36. The van der Waals surface area contributed by atoms with Gasteiger partial charge in [-0.1, -0.05) is 121 Å². The van der Waals surface area contributed by atoms with Crippen molar-refractivity contribution < 1.29 is 0 Å². The molecule has 0 saturated carbocycles. The molecule has 7 nitrogen and oxygen atoms in total. The Kier molecular flexibility index (Phi) is 7.30. The molecule has 1 fully saturated rings. The van der Waals surface area contributed by atoms with Crippen molar-refractivity contribution in [2.24, 2.45) is 0 Å². The minimum Gasteiger partial charge on any atom is -0.313 e. The quantitative estimate of drug-likeness (QED) is 0.166. The summed E-state index contributed by atoms with van der Waals surface area (Å²) >= 11 is 0. The minimum atomic E-state index is -0.257. The van der Waals surface area contributed by atoms with E-state index < -0.39 is 0 Å². The summed E-state index contributed by atoms with van der Waals surface area (Å²) in [5, 5.41) is 15.2. The molecule has 4 unspecified atom stereocenters. The van der Waals surface area contributed by atoms with E-state index in [1.165, 1.54) is 49.9 Å².